The van der Waals surface area contributed by atoms with E-state index in [1.54, 1.807) is 26.5 Å². The molecule has 0 saturated heterocycles. The molecule has 1 heterocycles. The highest BCUT2D eigenvalue weighted by molar-refractivity contribution is 5.97. The summed E-state index contributed by atoms with van der Waals surface area (Å²) in [6, 6.07) is 11.1. The molecule has 0 aliphatic heterocycles. The Hall–Kier alpha value is -3.06. The number of benzene rings is 2. The van der Waals surface area contributed by atoms with Gasteiger partial charge in [-0.25, -0.2) is 0 Å². The van der Waals surface area contributed by atoms with Gasteiger partial charge in [0.05, 0.1) is 31.9 Å². The Bertz CT molecular complexity index is 907. The second-order valence-electron chi connectivity index (χ2n) is 5.91. The van der Waals surface area contributed by atoms with Gasteiger partial charge in [-0.1, -0.05) is 6.07 Å². The number of nitrogens with zero attached hydrogens (tertiary/aromatic N) is 1. The van der Waals surface area contributed by atoms with Crippen molar-refractivity contribution in [3.8, 4) is 11.5 Å². The van der Waals surface area contributed by atoms with E-state index in [0.717, 1.165) is 16.5 Å². The van der Waals surface area contributed by atoms with Crippen molar-refractivity contribution in [2.24, 2.45) is 5.73 Å². The number of fused-ring (bicyclic) bond motifs is 1. The molecule has 7 heteroatoms. The molecule has 2 aromatic carbocycles. The Kier molecular flexibility index (Phi) is 5.38. The Labute approximate surface area is 151 Å². The van der Waals surface area contributed by atoms with E-state index in [1.807, 2.05) is 30.3 Å². The molecule has 0 radical (unpaired) electrons. The Morgan fingerprint density at radius 3 is 2.73 bits per heavy atom. The standard InChI is InChI=1S/C19H22N4O3/c1-25-17-6-3-12(10-18(17)26-2)15(7-8-20)19(24)22-14-4-5-16-13(9-14)11-21-23-16/h3-6,9-11,15H,7-8,20H2,1-2H3,(H,21,23)(H,22,24). The molecule has 26 heavy (non-hydrogen) atoms. The van der Waals surface area contributed by atoms with E-state index in [2.05, 4.69) is 15.5 Å². The third kappa shape index (κ3) is 3.62. The van der Waals surface area contributed by atoms with Crippen LogP contribution in [-0.2, 0) is 4.79 Å². The summed E-state index contributed by atoms with van der Waals surface area (Å²) in [5.41, 5.74) is 8.20. The smallest absolute Gasteiger partial charge is 0.231 e. The molecule has 1 aromatic heterocycles. The van der Waals surface area contributed by atoms with Crippen molar-refractivity contribution in [2.45, 2.75) is 12.3 Å². The van der Waals surface area contributed by atoms with E-state index in [1.165, 1.54) is 0 Å². The molecule has 0 aliphatic rings. The van der Waals surface area contributed by atoms with Crippen LogP contribution >= 0.6 is 0 Å². The highest BCUT2D eigenvalue weighted by Gasteiger charge is 2.22. The van der Waals surface area contributed by atoms with Gasteiger partial charge in [0.25, 0.3) is 0 Å². The first-order valence-electron chi connectivity index (χ1n) is 8.32. The lowest BCUT2D eigenvalue weighted by molar-refractivity contribution is -0.117. The number of amides is 1. The lowest BCUT2D eigenvalue weighted by atomic mass is 9.94. The zero-order valence-corrected chi connectivity index (χ0v) is 14.8. The maximum atomic E-state index is 12.9. The summed E-state index contributed by atoms with van der Waals surface area (Å²) in [4.78, 5) is 12.9. The van der Waals surface area contributed by atoms with Gasteiger partial charge in [-0.15, -0.1) is 0 Å². The number of hydrogen-bond acceptors (Lipinski definition) is 5. The third-order valence-corrected chi connectivity index (χ3v) is 4.29. The monoisotopic (exact) mass is 354 g/mol. The molecule has 0 aliphatic carbocycles. The molecule has 3 aromatic rings. The number of aromatic nitrogens is 2. The number of anilines is 1. The fourth-order valence-electron chi connectivity index (χ4n) is 2.94. The number of methoxy groups -OCH3 is 2. The van der Waals surface area contributed by atoms with Crippen molar-refractivity contribution in [2.75, 3.05) is 26.1 Å². The number of carbonyl (C=O) groups excluding carboxylic acids is 1. The van der Waals surface area contributed by atoms with E-state index in [-0.39, 0.29) is 11.8 Å². The largest absolute Gasteiger partial charge is 0.493 e. The minimum absolute atomic E-state index is 0.120. The second kappa shape index (κ2) is 7.88. The number of nitrogens with one attached hydrogen (secondary N) is 2. The summed E-state index contributed by atoms with van der Waals surface area (Å²) >= 11 is 0. The van der Waals surface area contributed by atoms with Crippen molar-refractivity contribution in [3.05, 3.63) is 48.2 Å². The Balaban J connectivity index is 1.85. The van der Waals surface area contributed by atoms with Crippen LogP contribution in [0.2, 0.25) is 0 Å². The lowest BCUT2D eigenvalue weighted by Crippen LogP contribution is -2.23. The maximum Gasteiger partial charge on any atom is 0.231 e. The van der Waals surface area contributed by atoms with Crippen LogP contribution in [-0.4, -0.2) is 36.9 Å². The summed E-state index contributed by atoms with van der Waals surface area (Å²) in [6.45, 7) is 0.396. The topological polar surface area (TPSA) is 102 Å². The molecular formula is C19H22N4O3. The van der Waals surface area contributed by atoms with E-state index >= 15 is 0 Å². The number of ether oxygens (including phenoxy) is 2. The Morgan fingerprint density at radius 1 is 1.19 bits per heavy atom. The highest BCUT2D eigenvalue weighted by Crippen LogP contribution is 2.32. The van der Waals surface area contributed by atoms with Crippen LogP contribution in [0.5, 0.6) is 11.5 Å². The fraction of sp³-hybridized carbons (Fsp3) is 0.263. The summed E-state index contributed by atoms with van der Waals surface area (Å²) in [7, 11) is 3.15. The van der Waals surface area contributed by atoms with Crippen LogP contribution in [0.15, 0.2) is 42.6 Å². The molecule has 7 nitrogen and oxygen atoms in total. The zero-order chi connectivity index (χ0) is 18.5. The molecule has 1 amide bonds. The molecule has 0 bridgehead atoms. The summed E-state index contributed by atoms with van der Waals surface area (Å²) < 4.78 is 10.6. The van der Waals surface area contributed by atoms with Crippen molar-refractivity contribution in [1.29, 1.82) is 0 Å². The first kappa shape index (κ1) is 17.8. The molecule has 3 rings (SSSR count). The molecule has 1 atom stereocenters. The molecule has 0 saturated carbocycles. The van der Waals surface area contributed by atoms with Gasteiger partial charge in [-0.3, -0.25) is 9.89 Å². The minimum atomic E-state index is -0.389. The van der Waals surface area contributed by atoms with Crippen LogP contribution in [0.1, 0.15) is 17.9 Å². The van der Waals surface area contributed by atoms with Crippen molar-refractivity contribution >= 4 is 22.5 Å². The van der Waals surface area contributed by atoms with Gasteiger partial charge in [0.15, 0.2) is 11.5 Å². The number of rotatable bonds is 7. The van der Waals surface area contributed by atoms with Gasteiger partial charge in [0.2, 0.25) is 5.91 Å². The fourth-order valence-corrected chi connectivity index (χ4v) is 2.94. The molecular weight excluding hydrogens is 332 g/mol. The van der Waals surface area contributed by atoms with Crippen molar-refractivity contribution < 1.29 is 14.3 Å². The average Bonchev–Trinajstić information content (AvgIpc) is 3.13. The average molecular weight is 354 g/mol. The second-order valence-corrected chi connectivity index (χ2v) is 5.91. The Morgan fingerprint density at radius 2 is 2.00 bits per heavy atom. The molecule has 4 N–H and O–H groups in total. The van der Waals surface area contributed by atoms with E-state index in [0.29, 0.717) is 30.2 Å². The van der Waals surface area contributed by atoms with Gasteiger partial charge >= 0.3 is 0 Å². The zero-order valence-electron chi connectivity index (χ0n) is 14.8. The van der Waals surface area contributed by atoms with Gasteiger partial charge in [-0.2, -0.15) is 5.10 Å². The van der Waals surface area contributed by atoms with Crippen LogP contribution in [0, 0.1) is 0 Å². The van der Waals surface area contributed by atoms with E-state index in [4.69, 9.17) is 15.2 Å². The number of aromatic amines is 1. The number of nitrogens with two attached hydrogens (primary N) is 1. The summed E-state index contributed by atoms with van der Waals surface area (Å²) in [6.07, 6.45) is 2.24. The molecule has 136 valence electrons. The number of carbonyl (C=O) groups is 1. The first-order valence-corrected chi connectivity index (χ1v) is 8.32. The van der Waals surface area contributed by atoms with E-state index in [9.17, 15) is 4.79 Å². The van der Waals surface area contributed by atoms with Crippen LogP contribution < -0.4 is 20.5 Å². The van der Waals surface area contributed by atoms with Crippen molar-refractivity contribution in [1.82, 2.24) is 10.2 Å². The molecule has 1 unspecified atom stereocenters. The normalized spacial score (nSPS) is 12.0. The number of hydrogen-bond donors (Lipinski definition) is 3. The maximum absolute atomic E-state index is 12.9. The van der Waals surface area contributed by atoms with E-state index < -0.39 is 0 Å². The van der Waals surface area contributed by atoms with Crippen LogP contribution in [0.4, 0.5) is 5.69 Å². The van der Waals surface area contributed by atoms with Gasteiger partial charge in [0, 0.05) is 11.1 Å². The molecule has 0 spiro atoms. The highest BCUT2D eigenvalue weighted by atomic mass is 16.5. The van der Waals surface area contributed by atoms with Gasteiger partial charge < -0.3 is 20.5 Å². The summed E-state index contributed by atoms with van der Waals surface area (Å²) in [5, 5.41) is 10.8. The molecule has 0 fully saturated rings. The van der Waals surface area contributed by atoms with Crippen LogP contribution in [0.3, 0.4) is 0 Å². The first-order chi connectivity index (χ1) is 12.7. The minimum Gasteiger partial charge on any atom is -0.493 e. The summed E-state index contributed by atoms with van der Waals surface area (Å²) in [5.74, 6) is 0.693. The van der Waals surface area contributed by atoms with Gasteiger partial charge in [0.1, 0.15) is 0 Å². The predicted octanol–water partition coefficient (Wildman–Crippen LogP) is 2.65. The number of H-pyrrole nitrogens is 1. The third-order valence-electron chi connectivity index (χ3n) is 4.29. The van der Waals surface area contributed by atoms with Crippen LogP contribution in [0.25, 0.3) is 10.9 Å². The lowest BCUT2D eigenvalue weighted by Gasteiger charge is -2.18. The van der Waals surface area contributed by atoms with Crippen molar-refractivity contribution in [3.63, 3.8) is 0 Å². The predicted molar refractivity (Wildman–Crippen MR) is 101 cm³/mol. The van der Waals surface area contributed by atoms with Gasteiger partial charge in [-0.05, 0) is 48.9 Å². The quantitative estimate of drug-likeness (QED) is 0.605. The SMILES string of the molecule is COc1ccc(C(CCN)C(=O)Nc2ccc3[nH]ncc3c2)cc1OC.